The molecule has 0 bridgehead atoms. The number of halogens is 1. The summed E-state index contributed by atoms with van der Waals surface area (Å²) in [6.07, 6.45) is 1.78. The molecule has 0 spiro atoms. The zero-order chi connectivity index (χ0) is 20.5. The molecule has 1 aromatic heterocycles. The van der Waals surface area contributed by atoms with Gasteiger partial charge < -0.3 is 10.1 Å². The number of unbranched alkanes of at least 4 members (excludes halogenated alkanes) is 1. The lowest BCUT2D eigenvalue weighted by molar-refractivity contribution is -0.118. The van der Waals surface area contributed by atoms with E-state index in [0.29, 0.717) is 24.1 Å². The van der Waals surface area contributed by atoms with E-state index in [9.17, 15) is 9.18 Å². The zero-order valence-corrected chi connectivity index (χ0v) is 17.0. The molecule has 6 nitrogen and oxygen atoms in total. The van der Waals surface area contributed by atoms with Crippen LogP contribution in [-0.2, 0) is 9.53 Å². The first-order valence-corrected chi connectivity index (χ1v) is 10.3. The lowest BCUT2D eigenvalue weighted by Gasteiger charge is -2.10. The molecule has 0 radical (unpaired) electrons. The van der Waals surface area contributed by atoms with Crippen molar-refractivity contribution in [2.24, 2.45) is 0 Å². The Hall–Kier alpha value is -2.71. The van der Waals surface area contributed by atoms with E-state index < -0.39 is 0 Å². The van der Waals surface area contributed by atoms with E-state index in [1.165, 1.54) is 23.9 Å². The van der Waals surface area contributed by atoms with E-state index in [-0.39, 0.29) is 17.5 Å². The Balaban J connectivity index is 1.73. The molecule has 2 aromatic carbocycles. The van der Waals surface area contributed by atoms with Crippen LogP contribution in [-0.4, -0.2) is 46.7 Å². The number of ether oxygens (including phenoxy) is 1. The van der Waals surface area contributed by atoms with Gasteiger partial charge in [-0.05, 0) is 49.2 Å². The minimum absolute atomic E-state index is 0.0571. The number of amides is 1. The van der Waals surface area contributed by atoms with Crippen LogP contribution in [0.2, 0.25) is 0 Å². The van der Waals surface area contributed by atoms with Gasteiger partial charge in [0.15, 0.2) is 11.0 Å². The number of aromatic nitrogens is 3. The number of para-hydroxylation sites is 1. The summed E-state index contributed by atoms with van der Waals surface area (Å²) < 4.78 is 20.2. The molecule has 0 fully saturated rings. The van der Waals surface area contributed by atoms with Gasteiger partial charge in [-0.3, -0.25) is 9.36 Å². The third-order valence-corrected chi connectivity index (χ3v) is 5.11. The second kappa shape index (κ2) is 10.7. The first-order chi connectivity index (χ1) is 14.2. The maximum Gasteiger partial charge on any atom is 0.230 e. The molecule has 8 heteroatoms. The molecule has 152 valence electrons. The van der Waals surface area contributed by atoms with Crippen LogP contribution in [0.3, 0.4) is 0 Å². The number of hydrogen-bond donors (Lipinski definition) is 1. The highest BCUT2D eigenvalue weighted by atomic mass is 32.2. The molecular weight excluding hydrogens is 391 g/mol. The summed E-state index contributed by atoms with van der Waals surface area (Å²) in [5.41, 5.74) is 1.62. The van der Waals surface area contributed by atoms with Crippen molar-refractivity contribution in [2.45, 2.75) is 18.0 Å². The van der Waals surface area contributed by atoms with Gasteiger partial charge in [-0.1, -0.05) is 30.0 Å². The smallest absolute Gasteiger partial charge is 0.230 e. The van der Waals surface area contributed by atoms with E-state index in [4.69, 9.17) is 4.74 Å². The molecule has 1 N–H and O–H groups in total. The third kappa shape index (κ3) is 5.88. The fourth-order valence-corrected chi connectivity index (χ4v) is 3.52. The molecule has 1 amide bonds. The van der Waals surface area contributed by atoms with Crippen molar-refractivity contribution in [3.8, 4) is 17.1 Å². The SMILES string of the molecule is COCCCCNC(=O)CSc1nnc(-c2ccc(F)cc2)n1-c1ccccc1. The van der Waals surface area contributed by atoms with Gasteiger partial charge >= 0.3 is 0 Å². The number of carbonyl (C=O) groups excluding carboxylic acids is 1. The summed E-state index contributed by atoms with van der Waals surface area (Å²) in [6, 6.07) is 15.8. The maximum absolute atomic E-state index is 13.3. The topological polar surface area (TPSA) is 69.0 Å². The number of carbonyl (C=O) groups is 1. The number of nitrogens with one attached hydrogen (secondary N) is 1. The van der Waals surface area contributed by atoms with Crippen LogP contribution in [0.4, 0.5) is 4.39 Å². The average Bonchev–Trinajstić information content (AvgIpc) is 3.17. The van der Waals surface area contributed by atoms with Crippen LogP contribution in [0.1, 0.15) is 12.8 Å². The summed E-state index contributed by atoms with van der Waals surface area (Å²) in [6.45, 7) is 1.31. The minimum atomic E-state index is -0.309. The van der Waals surface area contributed by atoms with E-state index in [1.807, 2.05) is 34.9 Å². The normalized spacial score (nSPS) is 10.8. The Morgan fingerprint density at radius 2 is 1.86 bits per heavy atom. The Bertz CT molecular complexity index is 916. The highest BCUT2D eigenvalue weighted by Gasteiger charge is 2.17. The molecule has 1 heterocycles. The minimum Gasteiger partial charge on any atom is -0.385 e. The van der Waals surface area contributed by atoms with Gasteiger partial charge in [0.05, 0.1) is 5.75 Å². The van der Waals surface area contributed by atoms with Gasteiger partial charge in [0.1, 0.15) is 5.82 Å². The van der Waals surface area contributed by atoms with Crippen LogP contribution < -0.4 is 5.32 Å². The quantitative estimate of drug-likeness (QED) is 0.405. The fraction of sp³-hybridized carbons (Fsp3) is 0.286. The van der Waals surface area contributed by atoms with Crippen molar-refractivity contribution in [1.82, 2.24) is 20.1 Å². The van der Waals surface area contributed by atoms with Gasteiger partial charge in [0.25, 0.3) is 0 Å². The van der Waals surface area contributed by atoms with Crippen LogP contribution in [0.25, 0.3) is 17.1 Å². The number of methoxy groups -OCH3 is 1. The van der Waals surface area contributed by atoms with Gasteiger partial charge in [-0.15, -0.1) is 10.2 Å². The largest absolute Gasteiger partial charge is 0.385 e. The van der Waals surface area contributed by atoms with Crippen molar-refractivity contribution in [2.75, 3.05) is 26.0 Å². The zero-order valence-electron chi connectivity index (χ0n) is 16.2. The average molecular weight is 415 g/mol. The molecule has 0 aliphatic carbocycles. The Morgan fingerprint density at radius 1 is 1.10 bits per heavy atom. The van der Waals surface area contributed by atoms with Crippen LogP contribution >= 0.6 is 11.8 Å². The summed E-state index contributed by atoms with van der Waals surface area (Å²) in [7, 11) is 1.66. The molecule has 29 heavy (non-hydrogen) atoms. The maximum atomic E-state index is 13.3. The molecule has 0 saturated carbocycles. The Morgan fingerprint density at radius 3 is 2.59 bits per heavy atom. The van der Waals surface area contributed by atoms with Crippen molar-refractivity contribution >= 4 is 17.7 Å². The molecule has 0 atom stereocenters. The highest BCUT2D eigenvalue weighted by molar-refractivity contribution is 7.99. The number of hydrogen-bond acceptors (Lipinski definition) is 5. The molecule has 3 rings (SSSR count). The van der Waals surface area contributed by atoms with E-state index in [0.717, 1.165) is 24.1 Å². The van der Waals surface area contributed by atoms with Crippen molar-refractivity contribution in [3.63, 3.8) is 0 Å². The van der Waals surface area contributed by atoms with Crippen LogP contribution in [0.15, 0.2) is 59.8 Å². The Labute approximate surface area is 173 Å². The van der Waals surface area contributed by atoms with Crippen LogP contribution in [0, 0.1) is 5.82 Å². The summed E-state index contributed by atoms with van der Waals surface area (Å²) in [4.78, 5) is 12.1. The third-order valence-electron chi connectivity index (χ3n) is 4.18. The highest BCUT2D eigenvalue weighted by Crippen LogP contribution is 2.27. The first-order valence-electron chi connectivity index (χ1n) is 9.34. The van der Waals surface area contributed by atoms with Crippen molar-refractivity contribution < 1.29 is 13.9 Å². The number of benzene rings is 2. The summed E-state index contributed by atoms with van der Waals surface area (Å²) >= 11 is 1.32. The van der Waals surface area contributed by atoms with Gasteiger partial charge in [0.2, 0.25) is 5.91 Å². The van der Waals surface area contributed by atoms with Gasteiger partial charge in [-0.2, -0.15) is 0 Å². The summed E-state index contributed by atoms with van der Waals surface area (Å²) in [5, 5.41) is 12.1. The van der Waals surface area contributed by atoms with Gasteiger partial charge in [0, 0.05) is 31.5 Å². The molecule has 0 aliphatic rings. The monoisotopic (exact) mass is 414 g/mol. The van der Waals surface area contributed by atoms with E-state index in [1.54, 1.807) is 19.2 Å². The van der Waals surface area contributed by atoms with Crippen molar-refractivity contribution in [1.29, 1.82) is 0 Å². The van der Waals surface area contributed by atoms with E-state index >= 15 is 0 Å². The summed E-state index contributed by atoms with van der Waals surface area (Å²) in [5.74, 6) is 0.465. The standard InChI is InChI=1S/C21H23FN4O2S/c1-28-14-6-5-13-23-19(27)15-29-21-25-24-20(16-9-11-17(22)12-10-16)26(21)18-7-3-2-4-8-18/h2-4,7-12H,5-6,13-15H2,1H3,(H,23,27). The molecule has 0 saturated heterocycles. The number of thioether (sulfide) groups is 1. The Kier molecular flexibility index (Phi) is 7.77. The molecule has 0 unspecified atom stereocenters. The molecule has 0 aliphatic heterocycles. The number of nitrogens with zero attached hydrogens (tertiary/aromatic N) is 3. The first kappa shape index (κ1) is 21.0. The molecule has 3 aromatic rings. The second-order valence-corrected chi connectivity index (χ2v) is 7.27. The fourth-order valence-electron chi connectivity index (χ4n) is 2.74. The van der Waals surface area contributed by atoms with Crippen molar-refractivity contribution in [3.05, 3.63) is 60.4 Å². The lowest BCUT2D eigenvalue weighted by Crippen LogP contribution is -2.26. The predicted molar refractivity (Wildman–Crippen MR) is 112 cm³/mol. The predicted octanol–water partition coefficient (Wildman–Crippen LogP) is 3.71. The lowest BCUT2D eigenvalue weighted by atomic mass is 10.2. The van der Waals surface area contributed by atoms with E-state index in [2.05, 4.69) is 15.5 Å². The molecular formula is C21H23FN4O2S. The van der Waals surface area contributed by atoms with Crippen LogP contribution in [0.5, 0.6) is 0 Å². The second-order valence-electron chi connectivity index (χ2n) is 6.32. The number of rotatable bonds is 10. The van der Waals surface area contributed by atoms with Gasteiger partial charge in [-0.25, -0.2) is 4.39 Å².